The van der Waals surface area contributed by atoms with Gasteiger partial charge in [0, 0.05) is 36.9 Å². The first-order chi connectivity index (χ1) is 16.9. The third-order valence-electron chi connectivity index (χ3n) is 6.02. The van der Waals surface area contributed by atoms with Crippen molar-refractivity contribution in [2.75, 3.05) is 36.9 Å². The standard InChI is InChI=1S/C27H31N3O4S/c1-21(23-5-3-2-4-6-23)28-24-10-12-25(13-11-24)29-27(31)16-9-22-7-14-26(15-8-22)35(32,33)30-17-19-34-20-18-30/h2-8,10-15,21,28H,9,16-20H2,1H3,(H,29,31). The van der Waals surface area contributed by atoms with Crippen LogP contribution in [0, 0.1) is 0 Å². The van der Waals surface area contributed by atoms with Crippen molar-refractivity contribution in [3.05, 3.63) is 90.0 Å². The van der Waals surface area contributed by atoms with Gasteiger partial charge in [0.05, 0.1) is 18.1 Å². The maximum atomic E-state index is 12.7. The molecule has 4 rings (SSSR count). The Kier molecular flexibility index (Phi) is 8.17. The van der Waals surface area contributed by atoms with Gasteiger partial charge in [-0.25, -0.2) is 8.42 Å². The zero-order valence-electron chi connectivity index (χ0n) is 19.8. The number of benzene rings is 3. The maximum Gasteiger partial charge on any atom is 0.243 e. The number of rotatable bonds is 9. The Bertz CT molecular complexity index is 1210. The van der Waals surface area contributed by atoms with Crippen molar-refractivity contribution in [1.29, 1.82) is 0 Å². The first-order valence-electron chi connectivity index (χ1n) is 11.8. The topological polar surface area (TPSA) is 87.7 Å². The van der Waals surface area contributed by atoms with Gasteiger partial charge in [-0.15, -0.1) is 0 Å². The number of amides is 1. The SMILES string of the molecule is CC(Nc1ccc(NC(=O)CCc2ccc(S(=O)(=O)N3CCOCC3)cc2)cc1)c1ccccc1. The molecule has 8 heteroatoms. The largest absolute Gasteiger partial charge is 0.379 e. The molecular formula is C27H31N3O4S. The van der Waals surface area contributed by atoms with Gasteiger partial charge < -0.3 is 15.4 Å². The molecule has 0 aliphatic carbocycles. The fourth-order valence-electron chi connectivity index (χ4n) is 3.97. The van der Waals surface area contributed by atoms with Crippen molar-refractivity contribution in [3.63, 3.8) is 0 Å². The van der Waals surface area contributed by atoms with E-state index in [0.717, 1.165) is 16.9 Å². The molecule has 1 atom stereocenters. The molecule has 0 spiro atoms. The van der Waals surface area contributed by atoms with Gasteiger partial charge in [0.2, 0.25) is 15.9 Å². The molecule has 1 unspecified atom stereocenters. The van der Waals surface area contributed by atoms with Crippen LogP contribution in [-0.4, -0.2) is 44.9 Å². The number of carbonyl (C=O) groups is 1. The molecule has 2 N–H and O–H groups in total. The molecule has 3 aromatic rings. The summed E-state index contributed by atoms with van der Waals surface area (Å²) in [6.07, 6.45) is 0.832. The predicted molar refractivity (Wildman–Crippen MR) is 138 cm³/mol. The van der Waals surface area contributed by atoms with Crippen molar-refractivity contribution in [2.24, 2.45) is 0 Å². The third kappa shape index (κ3) is 6.69. The molecule has 0 radical (unpaired) electrons. The van der Waals surface area contributed by atoms with E-state index in [1.165, 1.54) is 9.87 Å². The molecule has 0 aromatic heterocycles. The van der Waals surface area contributed by atoms with Crippen LogP contribution >= 0.6 is 0 Å². The normalized spacial score (nSPS) is 15.3. The molecule has 1 saturated heterocycles. The quantitative estimate of drug-likeness (QED) is 0.460. The van der Waals surface area contributed by atoms with Gasteiger partial charge in [-0.3, -0.25) is 4.79 Å². The Labute approximate surface area is 207 Å². The van der Waals surface area contributed by atoms with Crippen molar-refractivity contribution in [3.8, 4) is 0 Å². The summed E-state index contributed by atoms with van der Waals surface area (Å²) in [6.45, 7) is 3.67. The van der Waals surface area contributed by atoms with E-state index in [9.17, 15) is 13.2 Å². The lowest BCUT2D eigenvalue weighted by molar-refractivity contribution is -0.116. The van der Waals surface area contributed by atoms with E-state index in [4.69, 9.17) is 4.74 Å². The number of hydrogen-bond donors (Lipinski definition) is 2. The fourth-order valence-corrected chi connectivity index (χ4v) is 5.38. The van der Waals surface area contributed by atoms with Crippen LogP contribution in [0.3, 0.4) is 0 Å². The van der Waals surface area contributed by atoms with Gasteiger partial charge in [0.25, 0.3) is 0 Å². The number of nitrogens with one attached hydrogen (secondary N) is 2. The van der Waals surface area contributed by atoms with Crippen LogP contribution in [-0.2, 0) is 26.0 Å². The predicted octanol–water partition coefficient (Wildman–Crippen LogP) is 4.45. The minimum Gasteiger partial charge on any atom is -0.379 e. The van der Waals surface area contributed by atoms with Crippen LogP contribution in [0.15, 0.2) is 83.8 Å². The van der Waals surface area contributed by atoms with Gasteiger partial charge in [0.15, 0.2) is 0 Å². The van der Waals surface area contributed by atoms with E-state index in [1.54, 1.807) is 24.3 Å². The summed E-state index contributed by atoms with van der Waals surface area (Å²) in [5.74, 6) is -0.0895. The molecule has 0 bridgehead atoms. The highest BCUT2D eigenvalue weighted by atomic mass is 32.2. The van der Waals surface area contributed by atoms with Crippen LogP contribution in [0.1, 0.15) is 30.5 Å². The second kappa shape index (κ2) is 11.5. The number of carbonyl (C=O) groups excluding carboxylic acids is 1. The number of hydrogen-bond acceptors (Lipinski definition) is 5. The molecule has 1 fully saturated rings. The minimum atomic E-state index is -3.51. The first kappa shape index (κ1) is 24.9. The molecule has 1 aliphatic rings. The number of nitrogens with zero attached hydrogens (tertiary/aromatic N) is 1. The second-order valence-electron chi connectivity index (χ2n) is 8.56. The highest BCUT2D eigenvalue weighted by molar-refractivity contribution is 7.89. The zero-order chi connectivity index (χ0) is 24.7. The van der Waals surface area contributed by atoms with Crippen LogP contribution < -0.4 is 10.6 Å². The highest BCUT2D eigenvalue weighted by Crippen LogP contribution is 2.21. The number of ether oxygens (including phenoxy) is 1. The Morgan fingerprint density at radius 1 is 0.914 bits per heavy atom. The monoisotopic (exact) mass is 493 g/mol. The molecule has 1 amide bonds. The van der Waals surface area contributed by atoms with Gasteiger partial charge >= 0.3 is 0 Å². The van der Waals surface area contributed by atoms with Crippen LogP contribution in [0.25, 0.3) is 0 Å². The Morgan fingerprint density at radius 2 is 1.54 bits per heavy atom. The highest BCUT2D eigenvalue weighted by Gasteiger charge is 2.26. The van der Waals surface area contributed by atoms with E-state index in [-0.39, 0.29) is 16.8 Å². The second-order valence-corrected chi connectivity index (χ2v) is 10.5. The number of sulfonamides is 1. The lowest BCUT2D eigenvalue weighted by atomic mass is 10.1. The van der Waals surface area contributed by atoms with Crippen molar-refractivity contribution in [1.82, 2.24) is 4.31 Å². The third-order valence-corrected chi connectivity index (χ3v) is 7.94. The fraction of sp³-hybridized carbons (Fsp3) is 0.296. The molecule has 7 nitrogen and oxygen atoms in total. The van der Waals surface area contributed by atoms with Gasteiger partial charge in [-0.2, -0.15) is 4.31 Å². The van der Waals surface area contributed by atoms with Crippen molar-refractivity contribution >= 4 is 27.3 Å². The van der Waals surface area contributed by atoms with Gasteiger partial charge in [-0.1, -0.05) is 42.5 Å². The Morgan fingerprint density at radius 3 is 2.20 bits per heavy atom. The first-order valence-corrected chi connectivity index (χ1v) is 13.2. The molecule has 3 aromatic carbocycles. The van der Waals surface area contributed by atoms with E-state index >= 15 is 0 Å². The Hall–Kier alpha value is -3.20. The molecule has 0 saturated carbocycles. The summed E-state index contributed by atoms with van der Waals surface area (Å²) >= 11 is 0. The van der Waals surface area contributed by atoms with E-state index < -0.39 is 10.0 Å². The van der Waals surface area contributed by atoms with E-state index in [0.29, 0.717) is 39.1 Å². The maximum absolute atomic E-state index is 12.7. The molecular weight excluding hydrogens is 462 g/mol. The summed E-state index contributed by atoms with van der Waals surface area (Å²) < 4.78 is 32.1. The average Bonchev–Trinajstić information content (AvgIpc) is 2.90. The van der Waals surface area contributed by atoms with Crippen LogP contribution in [0.2, 0.25) is 0 Å². The average molecular weight is 494 g/mol. The van der Waals surface area contributed by atoms with Gasteiger partial charge in [-0.05, 0) is 60.9 Å². The zero-order valence-corrected chi connectivity index (χ0v) is 20.6. The molecule has 184 valence electrons. The summed E-state index contributed by atoms with van der Waals surface area (Å²) in [5, 5.41) is 6.38. The van der Waals surface area contributed by atoms with E-state index in [1.807, 2.05) is 42.5 Å². The smallest absolute Gasteiger partial charge is 0.243 e. The van der Waals surface area contributed by atoms with Crippen molar-refractivity contribution in [2.45, 2.75) is 30.7 Å². The lowest BCUT2D eigenvalue weighted by Gasteiger charge is -2.26. The Balaban J connectivity index is 1.26. The summed E-state index contributed by atoms with van der Waals surface area (Å²) in [7, 11) is -3.51. The van der Waals surface area contributed by atoms with Crippen LogP contribution in [0.4, 0.5) is 11.4 Å². The summed E-state index contributed by atoms with van der Waals surface area (Å²) in [5.41, 5.74) is 3.83. The lowest BCUT2D eigenvalue weighted by Crippen LogP contribution is -2.40. The molecule has 1 aliphatic heterocycles. The minimum absolute atomic E-state index is 0.0895. The van der Waals surface area contributed by atoms with Gasteiger partial charge in [0.1, 0.15) is 0 Å². The van der Waals surface area contributed by atoms with Crippen molar-refractivity contribution < 1.29 is 17.9 Å². The number of aryl methyl sites for hydroxylation is 1. The number of morpholine rings is 1. The summed E-state index contributed by atoms with van der Waals surface area (Å²) in [4.78, 5) is 12.7. The van der Waals surface area contributed by atoms with Crippen LogP contribution in [0.5, 0.6) is 0 Å². The molecule has 35 heavy (non-hydrogen) atoms. The van der Waals surface area contributed by atoms with E-state index in [2.05, 4.69) is 29.7 Å². The molecule has 1 heterocycles. The summed E-state index contributed by atoms with van der Waals surface area (Å²) in [6, 6.07) is 24.8. The number of anilines is 2.